The van der Waals surface area contributed by atoms with E-state index in [1.165, 1.54) is 38.9 Å². The SMILES string of the molecule is CC1OCCC1CNCC1CCCNC1. The summed E-state index contributed by atoms with van der Waals surface area (Å²) in [5.74, 6) is 1.58. The molecule has 0 saturated carbocycles. The fraction of sp³-hybridized carbons (Fsp3) is 1.00. The van der Waals surface area contributed by atoms with Crippen LogP contribution in [0.3, 0.4) is 0 Å². The molecule has 0 aromatic heterocycles. The van der Waals surface area contributed by atoms with Crippen LogP contribution in [-0.4, -0.2) is 38.9 Å². The maximum absolute atomic E-state index is 5.56. The molecule has 2 rings (SSSR count). The van der Waals surface area contributed by atoms with Gasteiger partial charge in [0.25, 0.3) is 0 Å². The van der Waals surface area contributed by atoms with Crippen LogP contribution in [0.15, 0.2) is 0 Å². The van der Waals surface area contributed by atoms with Gasteiger partial charge in [0.15, 0.2) is 0 Å². The molecular weight excluding hydrogens is 188 g/mol. The Hall–Kier alpha value is -0.120. The van der Waals surface area contributed by atoms with E-state index in [1.807, 2.05) is 0 Å². The number of rotatable bonds is 4. The molecule has 3 heteroatoms. The zero-order valence-corrected chi connectivity index (χ0v) is 9.80. The molecule has 0 aromatic carbocycles. The monoisotopic (exact) mass is 212 g/mol. The third-order valence-electron chi connectivity index (χ3n) is 3.77. The first-order chi connectivity index (χ1) is 7.36. The van der Waals surface area contributed by atoms with Crippen molar-refractivity contribution in [2.75, 3.05) is 32.8 Å². The summed E-state index contributed by atoms with van der Waals surface area (Å²) < 4.78 is 5.56. The van der Waals surface area contributed by atoms with Crippen molar-refractivity contribution in [2.24, 2.45) is 11.8 Å². The second-order valence-electron chi connectivity index (χ2n) is 5.00. The van der Waals surface area contributed by atoms with Crippen molar-refractivity contribution < 1.29 is 4.74 Å². The van der Waals surface area contributed by atoms with E-state index in [1.54, 1.807) is 0 Å². The minimum Gasteiger partial charge on any atom is -0.378 e. The first kappa shape index (κ1) is 11.4. The van der Waals surface area contributed by atoms with Gasteiger partial charge in [-0.1, -0.05) is 0 Å². The average molecular weight is 212 g/mol. The van der Waals surface area contributed by atoms with E-state index in [-0.39, 0.29) is 0 Å². The Balaban J connectivity index is 1.57. The molecule has 0 radical (unpaired) electrons. The van der Waals surface area contributed by atoms with Crippen LogP contribution in [0.1, 0.15) is 26.2 Å². The van der Waals surface area contributed by atoms with E-state index >= 15 is 0 Å². The van der Waals surface area contributed by atoms with Gasteiger partial charge in [-0.05, 0) is 57.7 Å². The molecule has 0 aliphatic carbocycles. The summed E-state index contributed by atoms with van der Waals surface area (Å²) in [6.07, 6.45) is 4.42. The molecule has 3 atom stereocenters. The molecule has 88 valence electrons. The lowest BCUT2D eigenvalue weighted by atomic mass is 9.98. The average Bonchev–Trinajstić information content (AvgIpc) is 2.66. The Morgan fingerprint density at radius 1 is 1.33 bits per heavy atom. The third kappa shape index (κ3) is 3.44. The van der Waals surface area contributed by atoms with Crippen molar-refractivity contribution in [1.82, 2.24) is 10.6 Å². The summed E-state index contributed by atoms with van der Waals surface area (Å²) in [6.45, 7) is 7.88. The Morgan fingerprint density at radius 3 is 2.93 bits per heavy atom. The zero-order chi connectivity index (χ0) is 10.5. The molecule has 0 amide bonds. The lowest BCUT2D eigenvalue weighted by molar-refractivity contribution is 0.105. The Labute approximate surface area is 93.0 Å². The van der Waals surface area contributed by atoms with Crippen LogP contribution in [0, 0.1) is 11.8 Å². The second kappa shape index (κ2) is 5.83. The summed E-state index contributed by atoms with van der Waals surface area (Å²) in [4.78, 5) is 0. The fourth-order valence-corrected chi connectivity index (χ4v) is 2.62. The van der Waals surface area contributed by atoms with E-state index in [2.05, 4.69) is 17.6 Å². The van der Waals surface area contributed by atoms with Crippen molar-refractivity contribution in [1.29, 1.82) is 0 Å². The predicted octanol–water partition coefficient (Wildman–Crippen LogP) is 1.00. The molecule has 2 N–H and O–H groups in total. The lowest BCUT2D eigenvalue weighted by Crippen LogP contribution is -2.38. The van der Waals surface area contributed by atoms with Gasteiger partial charge in [-0.25, -0.2) is 0 Å². The van der Waals surface area contributed by atoms with E-state index in [4.69, 9.17) is 4.74 Å². The van der Waals surface area contributed by atoms with Crippen molar-refractivity contribution in [3.8, 4) is 0 Å². The quantitative estimate of drug-likeness (QED) is 0.729. The highest BCUT2D eigenvalue weighted by atomic mass is 16.5. The second-order valence-corrected chi connectivity index (χ2v) is 5.00. The summed E-state index contributed by atoms with van der Waals surface area (Å²) in [5.41, 5.74) is 0. The topological polar surface area (TPSA) is 33.3 Å². The van der Waals surface area contributed by atoms with Crippen LogP contribution in [0.4, 0.5) is 0 Å². The van der Waals surface area contributed by atoms with Crippen LogP contribution >= 0.6 is 0 Å². The van der Waals surface area contributed by atoms with Gasteiger partial charge in [-0.3, -0.25) is 0 Å². The third-order valence-corrected chi connectivity index (χ3v) is 3.77. The summed E-state index contributed by atoms with van der Waals surface area (Å²) in [7, 11) is 0. The summed E-state index contributed by atoms with van der Waals surface area (Å²) in [6, 6.07) is 0. The molecule has 2 aliphatic rings. The molecule has 2 saturated heterocycles. The molecular formula is C12H24N2O. The number of hydrogen-bond donors (Lipinski definition) is 2. The van der Waals surface area contributed by atoms with Crippen molar-refractivity contribution in [2.45, 2.75) is 32.3 Å². The highest BCUT2D eigenvalue weighted by Crippen LogP contribution is 2.19. The minimum absolute atomic E-state index is 0.460. The Morgan fingerprint density at radius 2 is 2.27 bits per heavy atom. The van der Waals surface area contributed by atoms with Crippen LogP contribution in [-0.2, 0) is 4.74 Å². The molecule has 3 nitrogen and oxygen atoms in total. The highest BCUT2D eigenvalue weighted by Gasteiger charge is 2.23. The van der Waals surface area contributed by atoms with Gasteiger partial charge in [0, 0.05) is 13.2 Å². The summed E-state index contributed by atoms with van der Waals surface area (Å²) >= 11 is 0. The number of ether oxygens (including phenoxy) is 1. The number of nitrogens with one attached hydrogen (secondary N) is 2. The van der Waals surface area contributed by atoms with Gasteiger partial charge in [-0.15, -0.1) is 0 Å². The first-order valence-corrected chi connectivity index (χ1v) is 6.39. The van der Waals surface area contributed by atoms with Crippen molar-refractivity contribution >= 4 is 0 Å². The van der Waals surface area contributed by atoms with Crippen LogP contribution in [0.5, 0.6) is 0 Å². The Bertz CT molecular complexity index is 180. The highest BCUT2D eigenvalue weighted by molar-refractivity contribution is 4.76. The molecule has 2 fully saturated rings. The first-order valence-electron chi connectivity index (χ1n) is 6.39. The van der Waals surface area contributed by atoms with Crippen LogP contribution in [0.2, 0.25) is 0 Å². The van der Waals surface area contributed by atoms with Crippen molar-refractivity contribution in [3.05, 3.63) is 0 Å². The molecule has 3 unspecified atom stereocenters. The van der Waals surface area contributed by atoms with Gasteiger partial charge < -0.3 is 15.4 Å². The van der Waals surface area contributed by atoms with Gasteiger partial charge in [-0.2, -0.15) is 0 Å². The van der Waals surface area contributed by atoms with Crippen LogP contribution < -0.4 is 10.6 Å². The lowest BCUT2D eigenvalue weighted by Gasteiger charge is -2.24. The molecule has 0 spiro atoms. The van der Waals surface area contributed by atoms with Crippen molar-refractivity contribution in [3.63, 3.8) is 0 Å². The smallest absolute Gasteiger partial charge is 0.0588 e. The maximum atomic E-state index is 5.56. The fourth-order valence-electron chi connectivity index (χ4n) is 2.62. The van der Waals surface area contributed by atoms with Gasteiger partial charge in [0.05, 0.1) is 6.10 Å². The minimum atomic E-state index is 0.460. The molecule has 0 bridgehead atoms. The van der Waals surface area contributed by atoms with Crippen LogP contribution in [0.25, 0.3) is 0 Å². The molecule has 15 heavy (non-hydrogen) atoms. The van der Waals surface area contributed by atoms with Gasteiger partial charge in [0.1, 0.15) is 0 Å². The molecule has 2 heterocycles. The van der Waals surface area contributed by atoms with Gasteiger partial charge in [0.2, 0.25) is 0 Å². The summed E-state index contributed by atoms with van der Waals surface area (Å²) in [5, 5.41) is 7.06. The standard InChI is InChI=1S/C12H24N2O/c1-10-12(4-6-15-10)9-14-8-11-3-2-5-13-7-11/h10-14H,2-9H2,1H3. The largest absolute Gasteiger partial charge is 0.378 e. The zero-order valence-electron chi connectivity index (χ0n) is 9.80. The van der Waals surface area contributed by atoms with E-state index < -0.39 is 0 Å². The maximum Gasteiger partial charge on any atom is 0.0588 e. The predicted molar refractivity (Wildman–Crippen MR) is 62.0 cm³/mol. The van der Waals surface area contributed by atoms with E-state index in [0.717, 1.165) is 25.0 Å². The molecule has 0 aromatic rings. The number of hydrogen-bond acceptors (Lipinski definition) is 3. The number of piperidine rings is 1. The Kier molecular flexibility index (Phi) is 4.42. The van der Waals surface area contributed by atoms with E-state index in [0.29, 0.717) is 6.10 Å². The van der Waals surface area contributed by atoms with Gasteiger partial charge >= 0.3 is 0 Å². The van der Waals surface area contributed by atoms with E-state index in [9.17, 15) is 0 Å². The normalized spacial score (nSPS) is 37.0. The molecule has 2 aliphatic heterocycles.